The van der Waals surface area contributed by atoms with E-state index < -0.39 is 11.2 Å². The van der Waals surface area contributed by atoms with Crippen molar-refractivity contribution >= 4 is 23.3 Å². The quantitative estimate of drug-likeness (QED) is 0.618. The van der Waals surface area contributed by atoms with Crippen molar-refractivity contribution in [2.45, 2.75) is 37.7 Å². The molecule has 31 heavy (non-hydrogen) atoms. The Labute approximate surface area is 186 Å². The maximum absolute atomic E-state index is 14.0. The first kappa shape index (κ1) is 21.8. The number of hydrogen-bond acceptors (Lipinski definition) is 4. The molecule has 1 amide bonds. The average Bonchev–Trinajstić information content (AvgIpc) is 2.72. The molecule has 2 aromatic rings. The third-order valence-electron chi connectivity index (χ3n) is 6.20. The van der Waals surface area contributed by atoms with Crippen molar-refractivity contribution in [2.75, 3.05) is 26.3 Å². The number of rotatable bonds is 6. The number of nitrogens with zero attached hydrogens (tertiary/aromatic N) is 1. The van der Waals surface area contributed by atoms with Gasteiger partial charge in [0.25, 0.3) is 0 Å². The highest BCUT2D eigenvalue weighted by atomic mass is 35.5. The van der Waals surface area contributed by atoms with Crippen molar-refractivity contribution in [3.8, 4) is 5.75 Å². The molecule has 1 saturated carbocycles. The molecule has 0 aromatic heterocycles. The molecule has 2 fully saturated rings. The number of hydrogen-bond donors (Lipinski definition) is 0. The minimum atomic E-state index is -0.610. The van der Waals surface area contributed by atoms with Crippen LogP contribution in [-0.2, 0) is 14.9 Å². The maximum Gasteiger partial charge on any atom is 0.233 e. The van der Waals surface area contributed by atoms with E-state index in [1.807, 2.05) is 29.2 Å². The monoisotopic (exact) mass is 445 g/mol. The van der Waals surface area contributed by atoms with E-state index in [9.17, 15) is 14.0 Å². The third-order valence-corrected chi connectivity index (χ3v) is 6.45. The van der Waals surface area contributed by atoms with E-state index in [-0.39, 0.29) is 30.0 Å². The van der Waals surface area contributed by atoms with Gasteiger partial charge in [-0.15, -0.1) is 0 Å². The predicted octanol–water partition coefficient (Wildman–Crippen LogP) is 4.41. The average molecular weight is 446 g/mol. The Balaban J connectivity index is 1.40. The molecule has 164 valence electrons. The van der Waals surface area contributed by atoms with Gasteiger partial charge in [-0.05, 0) is 49.6 Å². The maximum atomic E-state index is 14.0. The summed E-state index contributed by atoms with van der Waals surface area (Å²) in [5.74, 6) is -0.502. The second-order valence-electron chi connectivity index (χ2n) is 8.20. The van der Waals surface area contributed by atoms with E-state index in [4.69, 9.17) is 21.1 Å². The highest BCUT2D eigenvalue weighted by Gasteiger charge is 2.48. The first-order valence-corrected chi connectivity index (χ1v) is 10.9. The molecule has 7 heteroatoms. The molecule has 1 unspecified atom stereocenters. The van der Waals surface area contributed by atoms with Crippen LogP contribution in [0.5, 0.6) is 5.75 Å². The van der Waals surface area contributed by atoms with Crippen LogP contribution in [0.25, 0.3) is 0 Å². The van der Waals surface area contributed by atoms with Crippen molar-refractivity contribution in [3.05, 3.63) is 64.4 Å². The molecular weight excluding hydrogens is 421 g/mol. The van der Waals surface area contributed by atoms with Crippen LogP contribution in [0.15, 0.2) is 42.5 Å². The molecule has 1 atom stereocenters. The Morgan fingerprint density at radius 2 is 1.97 bits per heavy atom. The largest absolute Gasteiger partial charge is 0.491 e. The van der Waals surface area contributed by atoms with Gasteiger partial charge >= 0.3 is 0 Å². The van der Waals surface area contributed by atoms with Crippen LogP contribution in [0.3, 0.4) is 0 Å². The molecule has 1 saturated heterocycles. The summed E-state index contributed by atoms with van der Waals surface area (Å²) in [7, 11) is 0. The topological polar surface area (TPSA) is 55.8 Å². The zero-order chi connectivity index (χ0) is 22.0. The van der Waals surface area contributed by atoms with E-state index in [0.29, 0.717) is 30.5 Å². The third kappa shape index (κ3) is 4.46. The smallest absolute Gasteiger partial charge is 0.233 e. The van der Waals surface area contributed by atoms with Crippen LogP contribution < -0.4 is 4.74 Å². The van der Waals surface area contributed by atoms with E-state index in [1.54, 1.807) is 6.07 Å². The number of benzene rings is 2. The van der Waals surface area contributed by atoms with Crippen molar-refractivity contribution < 1.29 is 23.5 Å². The Bertz CT molecular complexity index is 974. The molecule has 2 aliphatic rings. The second-order valence-corrected chi connectivity index (χ2v) is 8.63. The molecular formula is C24H25ClFNO4. The van der Waals surface area contributed by atoms with Crippen molar-refractivity contribution in [1.29, 1.82) is 0 Å². The lowest BCUT2D eigenvalue weighted by atomic mass is 9.63. The first-order chi connectivity index (χ1) is 14.9. The molecule has 4 rings (SSSR count). The highest BCUT2D eigenvalue weighted by Crippen LogP contribution is 2.45. The molecule has 2 aromatic carbocycles. The minimum Gasteiger partial charge on any atom is -0.491 e. The summed E-state index contributed by atoms with van der Waals surface area (Å²) in [6.45, 7) is 2.89. The predicted molar refractivity (Wildman–Crippen MR) is 115 cm³/mol. The molecule has 5 nitrogen and oxygen atoms in total. The lowest BCUT2D eigenvalue weighted by molar-refractivity contribution is -0.149. The summed E-state index contributed by atoms with van der Waals surface area (Å²) in [5.41, 5.74) is 0.554. The van der Waals surface area contributed by atoms with Gasteiger partial charge < -0.3 is 14.4 Å². The Morgan fingerprint density at radius 1 is 1.23 bits per heavy atom. The van der Waals surface area contributed by atoms with Crippen LogP contribution in [0.4, 0.5) is 4.39 Å². The Hall–Kier alpha value is -2.44. The van der Waals surface area contributed by atoms with E-state index in [2.05, 4.69) is 0 Å². The van der Waals surface area contributed by atoms with Gasteiger partial charge in [0.15, 0.2) is 5.78 Å². The van der Waals surface area contributed by atoms with E-state index in [1.165, 1.54) is 19.1 Å². The summed E-state index contributed by atoms with van der Waals surface area (Å²) < 4.78 is 25.5. The van der Waals surface area contributed by atoms with E-state index >= 15 is 0 Å². The van der Waals surface area contributed by atoms with Gasteiger partial charge in [0.05, 0.1) is 24.1 Å². The number of Topliss-reactive ketones (excluding diaryl/α,β-unsaturated/α-hetero) is 1. The highest BCUT2D eigenvalue weighted by molar-refractivity contribution is 6.30. The van der Waals surface area contributed by atoms with Crippen LogP contribution in [0, 0.1) is 5.82 Å². The van der Waals surface area contributed by atoms with Crippen molar-refractivity contribution in [1.82, 2.24) is 4.90 Å². The van der Waals surface area contributed by atoms with Gasteiger partial charge in [-0.1, -0.05) is 30.2 Å². The Morgan fingerprint density at radius 3 is 2.58 bits per heavy atom. The number of morpholine rings is 1. The summed E-state index contributed by atoms with van der Waals surface area (Å²) in [6.07, 6.45) is 2.37. The molecule has 0 bridgehead atoms. The number of halogens is 2. The fourth-order valence-corrected chi connectivity index (χ4v) is 4.42. The van der Waals surface area contributed by atoms with Crippen molar-refractivity contribution in [2.24, 2.45) is 0 Å². The lowest BCUT2D eigenvalue weighted by Gasteiger charge is -2.45. The second kappa shape index (κ2) is 8.97. The molecule has 1 aliphatic carbocycles. The lowest BCUT2D eigenvalue weighted by Crippen LogP contribution is -2.56. The van der Waals surface area contributed by atoms with Gasteiger partial charge in [-0.3, -0.25) is 9.59 Å². The first-order valence-electron chi connectivity index (χ1n) is 10.5. The van der Waals surface area contributed by atoms with Gasteiger partial charge in [0.2, 0.25) is 5.91 Å². The minimum absolute atomic E-state index is 0.0334. The van der Waals surface area contributed by atoms with Gasteiger partial charge in [-0.25, -0.2) is 4.39 Å². The molecule has 0 N–H and O–H groups in total. The summed E-state index contributed by atoms with van der Waals surface area (Å²) in [5, 5.41) is 0.655. The fraction of sp³-hybridized carbons (Fsp3) is 0.417. The zero-order valence-electron chi connectivity index (χ0n) is 17.4. The SMILES string of the molecule is CC(=O)c1ccc(OCC2CN(C(=O)C3(c4ccc(Cl)cc4)CCC3)CCO2)cc1F. The fourth-order valence-electron chi connectivity index (χ4n) is 4.29. The number of carbonyl (C=O) groups excluding carboxylic acids is 2. The van der Waals surface area contributed by atoms with Crippen molar-refractivity contribution in [3.63, 3.8) is 0 Å². The Kier molecular flexibility index (Phi) is 6.30. The number of ketones is 1. The number of ether oxygens (including phenoxy) is 2. The molecule has 0 spiro atoms. The molecule has 1 aliphatic heterocycles. The van der Waals surface area contributed by atoms with Gasteiger partial charge in [0, 0.05) is 17.6 Å². The van der Waals surface area contributed by atoms with E-state index in [0.717, 1.165) is 24.8 Å². The van der Waals surface area contributed by atoms with Crippen LogP contribution in [-0.4, -0.2) is 49.0 Å². The molecule has 0 radical (unpaired) electrons. The number of amides is 1. The standard InChI is InChI=1S/C24H25ClFNO4/c1-16(28)21-8-7-19(13-22(21)26)31-15-20-14-27(11-12-30-20)23(29)24(9-2-10-24)17-3-5-18(25)6-4-17/h3-8,13,20H,2,9-12,14-15H2,1H3. The summed E-state index contributed by atoms with van der Waals surface area (Å²) in [4.78, 5) is 26.7. The van der Waals surface area contributed by atoms with Crippen LogP contribution in [0.2, 0.25) is 5.02 Å². The normalized spacial score (nSPS) is 20.1. The number of carbonyl (C=O) groups is 2. The van der Waals surface area contributed by atoms with Gasteiger partial charge in [-0.2, -0.15) is 0 Å². The van der Waals surface area contributed by atoms with Gasteiger partial charge in [0.1, 0.15) is 24.3 Å². The summed E-state index contributed by atoms with van der Waals surface area (Å²) in [6, 6.07) is 11.7. The van der Waals surface area contributed by atoms with Crippen LogP contribution in [0.1, 0.15) is 42.1 Å². The molecule has 1 heterocycles. The summed E-state index contributed by atoms with van der Waals surface area (Å²) >= 11 is 6.02. The van der Waals surface area contributed by atoms with Crippen LogP contribution >= 0.6 is 11.6 Å². The zero-order valence-corrected chi connectivity index (χ0v) is 18.2.